The molecule has 1 aromatic heterocycles. The van der Waals surface area contributed by atoms with Crippen LogP contribution >= 0.6 is 11.8 Å². The standard InChI is InChI=1S/C19H18FN3O3S/c1-13(18(24)25-2)27-19-22-21-17(23(19)14-8-4-3-5-9-14)12-26-16-11-7-6-10-15(16)20/h3-11,13H,12H2,1-2H3/t13-/m1/s1. The number of para-hydroxylation sites is 2. The fraction of sp³-hybridized carbons (Fsp3) is 0.211. The van der Waals surface area contributed by atoms with Gasteiger partial charge in [-0.2, -0.15) is 0 Å². The number of hydrogen-bond donors (Lipinski definition) is 0. The monoisotopic (exact) mass is 387 g/mol. The number of methoxy groups -OCH3 is 1. The van der Waals surface area contributed by atoms with E-state index in [1.807, 2.05) is 30.3 Å². The summed E-state index contributed by atoms with van der Waals surface area (Å²) in [4.78, 5) is 11.8. The van der Waals surface area contributed by atoms with E-state index in [1.54, 1.807) is 29.7 Å². The topological polar surface area (TPSA) is 66.2 Å². The molecule has 0 aliphatic rings. The van der Waals surface area contributed by atoms with Gasteiger partial charge in [0.2, 0.25) is 0 Å². The molecule has 0 saturated heterocycles. The highest BCUT2D eigenvalue weighted by Crippen LogP contribution is 2.27. The van der Waals surface area contributed by atoms with E-state index >= 15 is 0 Å². The fourth-order valence-corrected chi connectivity index (χ4v) is 3.30. The summed E-state index contributed by atoms with van der Waals surface area (Å²) in [6.45, 7) is 1.76. The first kappa shape index (κ1) is 18.9. The summed E-state index contributed by atoms with van der Waals surface area (Å²) in [7, 11) is 1.34. The maximum atomic E-state index is 13.8. The molecule has 1 atom stereocenters. The van der Waals surface area contributed by atoms with Crippen molar-refractivity contribution >= 4 is 17.7 Å². The van der Waals surface area contributed by atoms with Crippen molar-refractivity contribution in [3.8, 4) is 11.4 Å². The number of rotatable bonds is 7. The molecule has 0 amide bonds. The average Bonchev–Trinajstić information content (AvgIpc) is 3.09. The fourth-order valence-electron chi connectivity index (χ4n) is 2.38. The molecule has 3 rings (SSSR count). The lowest BCUT2D eigenvalue weighted by molar-refractivity contribution is -0.139. The van der Waals surface area contributed by atoms with Gasteiger partial charge in [0, 0.05) is 5.69 Å². The van der Waals surface area contributed by atoms with Crippen LogP contribution in [0.4, 0.5) is 4.39 Å². The van der Waals surface area contributed by atoms with Gasteiger partial charge < -0.3 is 9.47 Å². The first-order valence-electron chi connectivity index (χ1n) is 8.21. The van der Waals surface area contributed by atoms with Crippen LogP contribution in [0.1, 0.15) is 12.7 Å². The number of nitrogens with zero attached hydrogens (tertiary/aromatic N) is 3. The Balaban J connectivity index is 1.89. The molecule has 27 heavy (non-hydrogen) atoms. The Hall–Kier alpha value is -2.87. The molecular weight excluding hydrogens is 369 g/mol. The van der Waals surface area contributed by atoms with Gasteiger partial charge in [-0.15, -0.1) is 10.2 Å². The number of ether oxygens (including phenoxy) is 2. The second-order valence-corrected chi connectivity index (χ2v) is 6.88. The predicted octanol–water partition coefficient (Wildman–Crippen LogP) is 3.64. The van der Waals surface area contributed by atoms with Gasteiger partial charge >= 0.3 is 5.97 Å². The quantitative estimate of drug-likeness (QED) is 0.456. The highest BCUT2D eigenvalue weighted by molar-refractivity contribution is 8.00. The number of aromatic nitrogens is 3. The number of hydrogen-bond acceptors (Lipinski definition) is 6. The zero-order valence-electron chi connectivity index (χ0n) is 14.8. The van der Waals surface area contributed by atoms with Crippen LogP contribution in [0.25, 0.3) is 5.69 Å². The van der Waals surface area contributed by atoms with E-state index in [1.165, 1.54) is 24.9 Å². The molecule has 6 nitrogen and oxygen atoms in total. The molecular formula is C19H18FN3O3S. The van der Waals surface area contributed by atoms with Crippen molar-refractivity contribution in [2.75, 3.05) is 7.11 Å². The van der Waals surface area contributed by atoms with Crippen LogP contribution in [0.5, 0.6) is 5.75 Å². The molecule has 0 radical (unpaired) electrons. The first-order valence-corrected chi connectivity index (χ1v) is 9.09. The van der Waals surface area contributed by atoms with E-state index in [9.17, 15) is 9.18 Å². The largest absolute Gasteiger partial charge is 0.483 e. The maximum Gasteiger partial charge on any atom is 0.318 e. The van der Waals surface area contributed by atoms with Gasteiger partial charge in [-0.05, 0) is 31.2 Å². The number of carbonyl (C=O) groups excluding carboxylic acids is 1. The Morgan fingerprint density at radius 3 is 2.56 bits per heavy atom. The zero-order valence-corrected chi connectivity index (χ0v) is 15.6. The van der Waals surface area contributed by atoms with Crippen molar-refractivity contribution < 1.29 is 18.7 Å². The van der Waals surface area contributed by atoms with Crippen LogP contribution in [-0.4, -0.2) is 33.1 Å². The number of esters is 1. The number of benzene rings is 2. The molecule has 8 heteroatoms. The Labute approximate surface area is 160 Å². The van der Waals surface area contributed by atoms with Gasteiger partial charge in [-0.1, -0.05) is 42.1 Å². The van der Waals surface area contributed by atoms with Crippen LogP contribution in [-0.2, 0) is 16.1 Å². The molecule has 140 valence electrons. The van der Waals surface area contributed by atoms with Crippen molar-refractivity contribution in [3.63, 3.8) is 0 Å². The molecule has 0 aliphatic carbocycles. The van der Waals surface area contributed by atoms with Gasteiger partial charge in [0.05, 0.1) is 7.11 Å². The van der Waals surface area contributed by atoms with E-state index in [4.69, 9.17) is 9.47 Å². The smallest absolute Gasteiger partial charge is 0.318 e. The lowest BCUT2D eigenvalue weighted by Crippen LogP contribution is -2.16. The third-order valence-corrected chi connectivity index (χ3v) is 4.74. The third-order valence-electron chi connectivity index (χ3n) is 3.72. The molecule has 1 heterocycles. The minimum atomic E-state index is -0.456. The van der Waals surface area contributed by atoms with Crippen molar-refractivity contribution in [3.05, 3.63) is 66.2 Å². The summed E-state index contributed by atoms with van der Waals surface area (Å²) in [5, 5.41) is 8.41. The lowest BCUT2D eigenvalue weighted by atomic mass is 10.3. The van der Waals surface area contributed by atoms with Crippen LogP contribution in [0.2, 0.25) is 0 Å². The van der Waals surface area contributed by atoms with Gasteiger partial charge in [-0.3, -0.25) is 9.36 Å². The van der Waals surface area contributed by atoms with E-state index < -0.39 is 11.1 Å². The Bertz CT molecular complexity index is 918. The van der Waals surface area contributed by atoms with Crippen molar-refractivity contribution in [2.45, 2.75) is 23.9 Å². The predicted molar refractivity (Wildman–Crippen MR) is 99.4 cm³/mol. The second kappa shape index (κ2) is 8.68. The van der Waals surface area contributed by atoms with E-state index in [2.05, 4.69) is 10.2 Å². The number of carbonyl (C=O) groups is 1. The molecule has 0 bridgehead atoms. The molecule has 0 saturated carbocycles. The van der Waals surface area contributed by atoms with Crippen LogP contribution in [0.3, 0.4) is 0 Å². The molecule has 0 fully saturated rings. The molecule has 3 aromatic rings. The minimum absolute atomic E-state index is 0.0238. The Kier molecular flexibility index (Phi) is 6.08. The van der Waals surface area contributed by atoms with Crippen LogP contribution in [0, 0.1) is 5.82 Å². The summed E-state index contributed by atoms with van der Waals surface area (Å²) in [5.41, 5.74) is 0.814. The Morgan fingerprint density at radius 1 is 1.15 bits per heavy atom. The Morgan fingerprint density at radius 2 is 1.85 bits per heavy atom. The van der Waals surface area contributed by atoms with Crippen LogP contribution in [0.15, 0.2) is 59.8 Å². The summed E-state index contributed by atoms with van der Waals surface area (Å²) in [5.74, 6) is -0.176. The minimum Gasteiger partial charge on any atom is -0.483 e. The first-order chi connectivity index (χ1) is 13.1. The highest BCUT2D eigenvalue weighted by Gasteiger charge is 2.22. The average molecular weight is 387 g/mol. The molecule has 0 spiro atoms. The molecule has 0 unspecified atom stereocenters. The number of halogens is 1. The van der Waals surface area contributed by atoms with E-state index in [0.717, 1.165) is 5.69 Å². The second-order valence-electron chi connectivity index (χ2n) is 5.57. The summed E-state index contributed by atoms with van der Waals surface area (Å²) in [6, 6.07) is 15.6. The van der Waals surface area contributed by atoms with E-state index in [0.29, 0.717) is 11.0 Å². The number of thioether (sulfide) groups is 1. The maximum absolute atomic E-state index is 13.8. The summed E-state index contributed by atoms with van der Waals surface area (Å²) < 4.78 is 25.9. The van der Waals surface area contributed by atoms with Gasteiger partial charge in [0.1, 0.15) is 11.9 Å². The van der Waals surface area contributed by atoms with Crippen molar-refractivity contribution in [1.29, 1.82) is 0 Å². The van der Waals surface area contributed by atoms with Gasteiger partial charge in [0.15, 0.2) is 22.5 Å². The summed E-state index contributed by atoms with van der Waals surface area (Å²) >= 11 is 1.23. The summed E-state index contributed by atoms with van der Waals surface area (Å²) in [6.07, 6.45) is 0. The molecule has 0 N–H and O–H groups in total. The molecule has 2 aromatic carbocycles. The van der Waals surface area contributed by atoms with Crippen molar-refractivity contribution in [2.24, 2.45) is 0 Å². The molecule has 0 aliphatic heterocycles. The normalized spacial score (nSPS) is 11.8. The highest BCUT2D eigenvalue weighted by atomic mass is 32.2. The van der Waals surface area contributed by atoms with Crippen LogP contribution < -0.4 is 4.74 Å². The lowest BCUT2D eigenvalue weighted by Gasteiger charge is -2.13. The van der Waals surface area contributed by atoms with Crippen molar-refractivity contribution in [1.82, 2.24) is 14.8 Å². The van der Waals surface area contributed by atoms with Gasteiger partial charge in [0.25, 0.3) is 0 Å². The third kappa shape index (κ3) is 4.46. The van der Waals surface area contributed by atoms with Gasteiger partial charge in [-0.25, -0.2) is 4.39 Å². The SMILES string of the molecule is COC(=O)[C@@H](C)Sc1nnc(COc2ccccc2F)n1-c1ccccc1. The zero-order chi connectivity index (χ0) is 19.2. The van der Waals surface area contributed by atoms with E-state index in [-0.39, 0.29) is 18.3 Å².